The number of ether oxygens (including phenoxy) is 1. The standard InChI is InChI=1S/C14H16N4O3/c1-10-2-7-13(18(19)20)14(17-10)16-8-9-21-12-5-3-11(15)4-6-12/h2-7H,8-9,15H2,1H3,(H,16,17). The summed E-state index contributed by atoms with van der Waals surface area (Å²) in [6.45, 7) is 2.54. The second-order valence-corrected chi connectivity index (χ2v) is 4.42. The van der Waals surface area contributed by atoms with Gasteiger partial charge in [-0.25, -0.2) is 4.98 Å². The number of rotatable bonds is 6. The maximum absolute atomic E-state index is 10.9. The van der Waals surface area contributed by atoms with Gasteiger partial charge in [-0.15, -0.1) is 0 Å². The van der Waals surface area contributed by atoms with E-state index >= 15 is 0 Å². The molecule has 0 fully saturated rings. The van der Waals surface area contributed by atoms with Gasteiger partial charge in [0.05, 0.1) is 11.5 Å². The van der Waals surface area contributed by atoms with E-state index in [4.69, 9.17) is 10.5 Å². The summed E-state index contributed by atoms with van der Waals surface area (Å²) in [5.41, 5.74) is 6.91. The van der Waals surface area contributed by atoms with Crippen molar-refractivity contribution in [2.45, 2.75) is 6.92 Å². The zero-order valence-electron chi connectivity index (χ0n) is 11.6. The Labute approximate surface area is 121 Å². The van der Waals surface area contributed by atoms with Crippen molar-refractivity contribution < 1.29 is 9.66 Å². The number of nitrogens with two attached hydrogens (primary N) is 1. The molecule has 0 spiro atoms. The van der Waals surface area contributed by atoms with Gasteiger partial charge < -0.3 is 15.8 Å². The highest BCUT2D eigenvalue weighted by molar-refractivity contribution is 5.56. The van der Waals surface area contributed by atoms with Crippen LogP contribution in [0, 0.1) is 17.0 Å². The van der Waals surface area contributed by atoms with E-state index in [0.29, 0.717) is 30.3 Å². The lowest BCUT2D eigenvalue weighted by Crippen LogP contribution is -2.13. The van der Waals surface area contributed by atoms with E-state index in [-0.39, 0.29) is 11.5 Å². The molecule has 0 aliphatic rings. The normalized spacial score (nSPS) is 10.1. The number of anilines is 2. The number of nitrogen functional groups attached to an aromatic ring is 1. The Hall–Kier alpha value is -2.83. The smallest absolute Gasteiger partial charge is 0.311 e. The van der Waals surface area contributed by atoms with Crippen molar-refractivity contribution >= 4 is 17.2 Å². The number of aromatic nitrogens is 1. The van der Waals surface area contributed by atoms with Gasteiger partial charge in [-0.3, -0.25) is 10.1 Å². The summed E-state index contributed by atoms with van der Waals surface area (Å²) < 4.78 is 5.50. The number of nitro groups is 1. The zero-order valence-corrected chi connectivity index (χ0v) is 11.6. The summed E-state index contributed by atoms with van der Waals surface area (Å²) >= 11 is 0. The minimum atomic E-state index is -0.463. The van der Waals surface area contributed by atoms with Crippen LogP contribution < -0.4 is 15.8 Å². The van der Waals surface area contributed by atoms with Gasteiger partial charge in [0, 0.05) is 17.4 Å². The molecule has 0 bridgehead atoms. The van der Waals surface area contributed by atoms with E-state index in [1.165, 1.54) is 6.07 Å². The lowest BCUT2D eigenvalue weighted by atomic mass is 10.3. The number of nitrogens with one attached hydrogen (secondary N) is 1. The molecule has 0 radical (unpaired) electrons. The minimum absolute atomic E-state index is 0.0481. The van der Waals surface area contributed by atoms with Crippen LogP contribution in [0.1, 0.15) is 5.69 Å². The second kappa shape index (κ2) is 6.56. The summed E-state index contributed by atoms with van der Waals surface area (Å²) in [4.78, 5) is 14.6. The van der Waals surface area contributed by atoms with Crippen molar-refractivity contribution in [2.75, 3.05) is 24.2 Å². The molecule has 0 amide bonds. The van der Waals surface area contributed by atoms with Gasteiger partial charge in [0.1, 0.15) is 12.4 Å². The molecule has 3 N–H and O–H groups in total. The summed E-state index contributed by atoms with van der Waals surface area (Å²) in [5.74, 6) is 0.943. The van der Waals surface area contributed by atoms with E-state index in [9.17, 15) is 10.1 Å². The number of hydrogen-bond acceptors (Lipinski definition) is 6. The Morgan fingerprint density at radius 3 is 2.67 bits per heavy atom. The number of hydrogen-bond donors (Lipinski definition) is 2. The molecular weight excluding hydrogens is 272 g/mol. The quantitative estimate of drug-likeness (QED) is 0.366. The Bertz CT molecular complexity index is 629. The van der Waals surface area contributed by atoms with E-state index in [1.54, 1.807) is 37.3 Å². The molecule has 0 atom stereocenters. The minimum Gasteiger partial charge on any atom is -0.492 e. The number of aryl methyl sites for hydroxylation is 1. The first-order valence-corrected chi connectivity index (χ1v) is 6.40. The Kier molecular flexibility index (Phi) is 4.55. The largest absolute Gasteiger partial charge is 0.492 e. The topological polar surface area (TPSA) is 103 Å². The third kappa shape index (κ3) is 4.07. The predicted octanol–water partition coefficient (Wildman–Crippen LogP) is 2.37. The third-order valence-electron chi connectivity index (χ3n) is 2.75. The van der Waals surface area contributed by atoms with Gasteiger partial charge in [0.15, 0.2) is 0 Å². The van der Waals surface area contributed by atoms with Crippen molar-refractivity contribution in [1.29, 1.82) is 0 Å². The first kappa shape index (κ1) is 14.6. The maximum Gasteiger partial charge on any atom is 0.311 e. The van der Waals surface area contributed by atoms with Crippen LogP contribution in [0.4, 0.5) is 17.2 Å². The van der Waals surface area contributed by atoms with Crippen LogP contribution >= 0.6 is 0 Å². The van der Waals surface area contributed by atoms with Gasteiger partial charge in [0.2, 0.25) is 5.82 Å². The van der Waals surface area contributed by atoms with Crippen LogP contribution in [-0.4, -0.2) is 23.1 Å². The van der Waals surface area contributed by atoms with Gasteiger partial charge in [-0.2, -0.15) is 0 Å². The molecule has 1 heterocycles. The van der Waals surface area contributed by atoms with Crippen LogP contribution in [0.3, 0.4) is 0 Å². The average Bonchev–Trinajstić information content (AvgIpc) is 2.45. The Morgan fingerprint density at radius 2 is 2.00 bits per heavy atom. The molecule has 1 aromatic carbocycles. The van der Waals surface area contributed by atoms with Crippen LogP contribution in [0.2, 0.25) is 0 Å². The number of pyridine rings is 1. The van der Waals surface area contributed by atoms with Gasteiger partial charge in [-0.05, 0) is 37.3 Å². The van der Waals surface area contributed by atoms with E-state index in [2.05, 4.69) is 10.3 Å². The summed E-state index contributed by atoms with van der Waals surface area (Å²) in [7, 11) is 0. The third-order valence-corrected chi connectivity index (χ3v) is 2.75. The molecule has 0 aliphatic heterocycles. The molecule has 0 saturated carbocycles. The SMILES string of the molecule is Cc1ccc([N+](=O)[O-])c(NCCOc2ccc(N)cc2)n1. The van der Waals surface area contributed by atoms with Crippen molar-refractivity contribution in [1.82, 2.24) is 4.98 Å². The Morgan fingerprint density at radius 1 is 1.29 bits per heavy atom. The highest BCUT2D eigenvalue weighted by atomic mass is 16.6. The molecule has 0 saturated heterocycles. The lowest BCUT2D eigenvalue weighted by Gasteiger charge is -2.09. The highest BCUT2D eigenvalue weighted by Crippen LogP contribution is 2.21. The van der Waals surface area contributed by atoms with Gasteiger partial charge in [0.25, 0.3) is 0 Å². The maximum atomic E-state index is 10.9. The molecular formula is C14H16N4O3. The van der Waals surface area contributed by atoms with Gasteiger partial charge in [-0.1, -0.05) is 0 Å². The molecule has 7 heteroatoms. The van der Waals surface area contributed by atoms with E-state index in [1.807, 2.05) is 0 Å². The van der Waals surface area contributed by atoms with E-state index < -0.39 is 4.92 Å². The molecule has 110 valence electrons. The fourth-order valence-corrected chi connectivity index (χ4v) is 1.73. The number of benzene rings is 1. The summed E-state index contributed by atoms with van der Waals surface area (Å²) in [5, 5.41) is 13.8. The fraction of sp³-hybridized carbons (Fsp3) is 0.214. The zero-order chi connectivity index (χ0) is 15.2. The molecule has 1 aromatic heterocycles. The molecule has 2 rings (SSSR count). The molecule has 2 aromatic rings. The van der Waals surface area contributed by atoms with Gasteiger partial charge >= 0.3 is 5.69 Å². The van der Waals surface area contributed by atoms with E-state index in [0.717, 1.165) is 0 Å². The lowest BCUT2D eigenvalue weighted by molar-refractivity contribution is -0.384. The fourth-order valence-electron chi connectivity index (χ4n) is 1.73. The van der Waals surface area contributed by atoms with Crippen molar-refractivity contribution in [3.05, 3.63) is 52.2 Å². The first-order valence-electron chi connectivity index (χ1n) is 6.40. The van der Waals surface area contributed by atoms with Crippen molar-refractivity contribution in [2.24, 2.45) is 0 Å². The van der Waals surface area contributed by atoms with Crippen LogP contribution in [-0.2, 0) is 0 Å². The van der Waals surface area contributed by atoms with Crippen LogP contribution in [0.5, 0.6) is 5.75 Å². The summed E-state index contributed by atoms with van der Waals surface area (Å²) in [6, 6.07) is 10.1. The summed E-state index contributed by atoms with van der Waals surface area (Å²) in [6.07, 6.45) is 0. The average molecular weight is 288 g/mol. The van der Waals surface area contributed by atoms with Crippen LogP contribution in [0.15, 0.2) is 36.4 Å². The second-order valence-electron chi connectivity index (χ2n) is 4.42. The molecule has 21 heavy (non-hydrogen) atoms. The Balaban J connectivity index is 1.90. The molecule has 7 nitrogen and oxygen atoms in total. The molecule has 0 unspecified atom stereocenters. The van der Waals surface area contributed by atoms with Crippen molar-refractivity contribution in [3.63, 3.8) is 0 Å². The molecule has 0 aliphatic carbocycles. The predicted molar refractivity (Wildman–Crippen MR) is 80.5 cm³/mol. The van der Waals surface area contributed by atoms with Crippen molar-refractivity contribution in [3.8, 4) is 5.75 Å². The monoisotopic (exact) mass is 288 g/mol. The first-order chi connectivity index (χ1) is 10.1. The van der Waals surface area contributed by atoms with Crippen LogP contribution in [0.25, 0.3) is 0 Å². The number of nitrogens with zero attached hydrogens (tertiary/aromatic N) is 2. The highest BCUT2D eigenvalue weighted by Gasteiger charge is 2.14.